The minimum atomic E-state index is 0. The second kappa shape index (κ2) is 4.67. The van der Waals surface area contributed by atoms with Gasteiger partial charge in [-0.1, -0.05) is 11.6 Å². The van der Waals surface area contributed by atoms with E-state index >= 15 is 0 Å². The zero-order valence-corrected chi connectivity index (χ0v) is 9.78. The Hall–Kier alpha value is 0.720. The number of halogens is 3. The Balaban J connectivity index is 0.000001000. The van der Waals surface area contributed by atoms with Gasteiger partial charge in [0.25, 0.3) is 0 Å². The minimum absolute atomic E-state index is 0. The molecule has 2 N–H and O–H groups in total. The second-order valence-corrected chi connectivity index (χ2v) is 4.87. The Morgan fingerprint density at radius 1 is 1.73 bits per heavy atom. The molecule has 0 saturated carbocycles. The highest BCUT2D eigenvalue weighted by atomic mass is 79.9. The van der Waals surface area contributed by atoms with Crippen LogP contribution in [0.2, 0.25) is 5.02 Å². The Bertz CT molecular complexity index is 217. The highest BCUT2D eigenvalue weighted by Gasteiger charge is 2.06. The average Bonchev–Trinajstić information content (AvgIpc) is 2.13. The van der Waals surface area contributed by atoms with Crippen molar-refractivity contribution in [2.45, 2.75) is 13.0 Å². The van der Waals surface area contributed by atoms with Gasteiger partial charge in [-0.3, -0.25) is 0 Å². The molecule has 0 amide bonds. The summed E-state index contributed by atoms with van der Waals surface area (Å²) in [5.41, 5.74) is 5.63. The largest absolute Gasteiger partial charge is 0.324 e. The summed E-state index contributed by atoms with van der Waals surface area (Å²) < 4.78 is 0.960. The van der Waals surface area contributed by atoms with Crippen LogP contribution < -0.4 is 5.73 Å². The van der Waals surface area contributed by atoms with Crippen molar-refractivity contribution in [2.24, 2.45) is 5.73 Å². The first-order valence-corrected chi connectivity index (χ1v) is 4.80. The van der Waals surface area contributed by atoms with E-state index in [1.807, 2.05) is 13.0 Å². The van der Waals surface area contributed by atoms with Crippen LogP contribution in [0.15, 0.2) is 9.85 Å². The van der Waals surface area contributed by atoms with Gasteiger partial charge in [0.05, 0.1) is 8.81 Å². The lowest BCUT2D eigenvalue weighted by Crippen LogP contribution is -2.01. The number of rotatable bonds is 1. The lowest BCUT2D eigenvalue weighted by Gasteiger charge is -1.96. The molecular formula is C6H8BrCl2NS. The third-order valence-corrected chi connectivity index (χ3v) is 3.79. The molecule has 0 aliphatic heterocycles. The van der Waals surface area contributed by atoms with Gasteiger partial charge >= 0.3 is 0 Å². The molecule has 0 aliphatic carbocycles. The molecule has 0 fully saturated rings. The molecule has 11 heavy (non-hydrogen) atoms. The molecule has 64 valence electrons. The third kappa shape index (κ3) is 2.92. The second-order valence-electron chi connectivity index (χ2n) is 2.06. The van der Waals surface area contributed by atoms with Crippen LogP contribution >= 0.6 is 51.3 Å². The first-order chi connectivity index (χ1) is 4.61. The van der Waals surface area contributed by atoms with Gasteiger partial charge < -0.3 is 5.73 Å². The van der Waals surface area contributed by atoms with Crippen LogP contribution in [0.3, 0.4) is 0 Å². The molecule has 1 atom stereocenters. The minimum Gasteiger partial charge on any atom is -0.324 e. The van der Waals surface area contributed by atoms with Gasteiger partial charge in [-0.25, -0.2) is 0 Å². The molecule has 0 aromatic carbocycles. The zero-order valence-electron chi connectivity index (χ0n) is 5.80. The van der Waals surface area contributed by atoms with E-state index in [0.717, 1.165) is 13.7 Å². The van der Waals surface area contributed by atoms with Crippen molar-refractivity contribution in [3.8, 4) is 0 Å². The van der Waals surface area contributed by atoms with Crippen LogP contribution in [0.5, 0.6) is 0 Å². The van der Waals surface area contributed by atoms with Crippen molar-refractivity contribution < 1.29 is 0 Å². The maximum atomic E-state index is 5.78. The molecule has 0 aliphatic rings. The van der Waals surface area contributed by atoms with E-state index < -0.39 is 0 Å². The molecule has 0 bridgehead atoms. The molecule has 5 heteroatoms. The van der Waals surface area contributed by atoms with Crippen LogP contribution in [0.4, 0.5) is 0 Å². The van der Waals surface area contributed by atoms with Crippen LogP contribution in [-0.4, -0.2) is 0 Å². The smallest absolute Gasteiger partial charge is 0.0887 e. The highest BCUT2D eigenvalue weighted by Crippen LogP contribution is 2.34. The molecule has 1 nitrogen and oxygen atoms in total. The van der Waals surface area contributed by atoms with E-state index in [1.54, 1.807) is 11.3 Å². The fraction of sp³-hybridized carbons (Fsp3) is 0.333. The van der Waals surface area contributed by atoms with E-state index in [2.05, 4.69) is 15.9 Å². The number of hydrogen-bond donors (Lipinski definition) is 1. The lowest BCUT2D eigenvalue weighted by atomic mass is 10.3. The fourth-order valence-electron chi connectivity index (χ4n) is 0.588. The molecule has 0 unspecified atom stereocenters. The Kier molecular flexibility index (Phi) is 4.98. The fourth-order valence-corrected chi connectivity index (χ4v) is 2.29. The van der Waals surface area contributed by atoms with Gasteiger partial charge in [0.1, 0.15) is 0 Å². The van der Waals surface area contributed by atoms with Crippen LogP contribution in [0, 0.1) is 0 Å². The van der Waals surface area contributed by atoms with Crippen LogP contribution in [0.1, 0.15) is 17.8 Å². The van der Waals surface area contributed by atoms with E-state index in [9.17, 15) is 0 Å². The lowest BCUT2D eigenvalue weighted by molar-refractivity contribution is 0.838. The predicted molar refractivity (Wildman–Crippen MR) is 56.9 cm³/mol. The summed E-state index contributed by atoms with van der Waals surface area (Å²) in [6, 6.07) is 1.97. The molecule has 0 saturated heterocycles. The molecule has 1 aromatic rings. The van der Waals surface area contributed by atoms with Crippen molar-refractivity contribution in [3.63, 3.8) is 0 Å². The molecule has 1 rings (SSSR count). The Morgan fingerprint density at radius 2 is 2.27 bits per heavy atom. The van der Waals surface area contributed by atoms with Crippen LogP contribution in [0.25, 0.3) is 0 Å². The van der Waals surface area contributed by atoms with Crippen LogP contribution in [-0.2, 0) is 0 Å². The number of nitrogens with two attached hydrogens (primary N) is 1. The van der Waals surface area contributed by atoms with Crippen molar-refractivity contribution in [1.82, 2.24) is 0 Å². The van der Waals surface area contributed by atoms with Gasteiger partial charge in [-0.2, -0.15) is 0 Å². The number of thiophene rings is 1. The first-order valence-electron chi connectivity index (χ1n) is 2.81. The summed E-state index contributed by atoms with van der Waals surface area (Å²) in [4.78, 5) is 1.11. The van der Waals surface area contributed by atoms with Gasteiger partial charge in [0.2, 0.25) is 0 Å². The van der Waals surface area contributed by atoms with Gasteiger partial charge in [0.15, 0.2) is 0 Å². The summed E-state index contributed by atoms with van der Waals surface area (Å²) in [5, 5.41) is 0.748. The van der Waals surface area contributed by atoms with E-state index in [4.69, 9.17) is 17.3 Å². The van der Waals surface area contributed by atoms with E-state index in [0.29, 0.717) is 0 Å². The van der Waals surface area contributed by atoms with Gasteiger partial charge in [-0.15, -0.1) is 23.7 Å². The molecule has 1 aromatic heterocycles. The predicted octanol–water partition coefficient (Wildman–Crippen LogP) is 3.61. The zero-order chi connectivity index (χ0) is 7.72. The summed E-state index contributed by atoms with van der Waals surface area (Å²) in [7, 11) is 0. The van der Waals surface area contributed by atoms with Crippen molar-refractivity contribution >= 4 is 51.3 Å². The Labute approximate surface area is 89.5 Å². The van der Waals surface area contributed by atoms with Gasteiger partial charge in [0, 0.05) is 10.9 Å². The summed E-state index contributed by atoms with van der Waals surface area (Å²) in [6.45, 7) is 1.94. The standard InChI is InChI=1S/C6H7BrClNS.ClH/c1-3(9)5-2-4(8)6(7)10-5;/h2-3H,9H2,1H3;1H/t3-;/m1./s1. The third-order valence-electron chi connectivity index (χ3n) is 1.11. The molecule has 1 heterocycles. The number of hydrogen-bond acceptors (Lipinski definition) is 2. The summed E-state index contributed by atoms with van der Waals surface area (Å²) >= 11 is 10.7. The summed E-state index contributed by atoms with van der Waals surface area (Å²) in [5.74, 6) is 0. The highest BCUT2D eigenvalue weighted by molar-refractivity contribution is 9.11. The first kappa shape index (κ1) is 11.7. The summed E-state index contributed by atoms with van der Waals surface area (Å²) in [6.07, 6.45) is 0. The normalized spacial score (nSPS) is 12.4. The topological polar surface area (TPSA) is 26.0 Å². The van der Waals surface area contributed by atoms with Crippen molar-refractivity contribution in [2.75, 3.05) is 0 Å². The monoisotopic (exact) mass is 275 g/mol. The average molecular weight is 277 g/mol. The molecular weight excluding hydrogens is 269 g/mol. The van der Waals surface area contributed by atoms with Crippen molar-refractivity contribution in [3.05, 3.63) is 19.8 Å². The maximum absolute atomic E-state index is 5.78. The molecule has 0 spiro atoms. The maximum Gasteiger partial charge on any atom is 0.0887 e. The van der Waals surface area contributed by atoms with Crippen molar-refractivity contribution in [1.29, 1.82) is 0 Å². The van der Waals surface area contributed by atoms with Gasteiger partial charge in [-0.05, 0) is 28.9 Å². The quantitative estimate of drug-likeness (QED) is 0.833. The van der Waals surface area contributed by atoms with E-state index in [1.165, 1.54) is 0 Å². The Morgan fingerprint density at radius 3 is 2.45 bits per heavy atom. The van der Waals surface area contributed by atoms with E-state index in [-0.39, 0.29) is 18.4 Å². The molecule has 0 radical (unpaired) electrons. The SMILES string of the molecule is C[C@@H](N)c1cc(Cl)c(Br)s1.Cl.